The van der Waals surface area contributed by atoms with Crippen LogP contribution in [0, 0.1) is 5.92 Å². The maximum atomic E-state index is 12.6. The molecule has 1 saturated heterocycles. The van der Waals surface area contributed by atoms with E-state index < -0.39 is 24.4 Å². The normalized spacial score (nSPS) is 15.3. The second-order valence-corrected chi connectivity index (χ2v) is 11.3. The smallest absolute Gasteiger partial charge is 0.311 e. The fourth-order valence-electron chi connectivity index (χ4n) is 3.99. The van der Waals surface area contributed by atoms with Gasteiger partial charge in [0.2, 0.25) is 5.91 Å². The van der Waals surface area contributed by atoms with Crippen molar-refractivity contribution in [1.82, 2.24) is 0 Å². The van der Waals surface area contributed by atoms with Gasteiger partial charge in [0, 0.05) is 28.8 Å². The predicted octanol–water partition coefficient (Wildman–Crippen LogP) is 6.73. The molecule has 0 saturated carbocycles. The van der Waals surface area contributed by atoms with Crippen molar-refractivity contribution in [2.24, 2.45) is 5.92 Å². The van der Waals surface area contributed by atoms with Crippen LogP contribution in [0.4, 0.5) is 11.4 Å². The van der Waals surface area contributed by atoms with Crippen LogP contribution in [-0.4, -0.2) is 30.9 Å². The maximum absolute atomic E-state index is 12.6. The Morgan fingerprint density at radius 2 is 1.66 bits per heavy atom. The zero-order valence-corrected chi connectivity index (χ0v) is 23.6. The molecule has 0 bridgehead atoms. The number of hydrogen-bond donors (Lipinski definition) is 1. The van der Waals surface area contributed by atoms with E-state index in [0.29, 0.717) is 26.6 Å². The molecule has 0 unspecified atom stereocenters. The molecule has 1 N–H and O–H groups in total. The van der Waals surface area contributed by atoms with Gasteiger partial charge in [-0.1, -0.05) is 44.5 Å². The van der Waals surface area contributed by atoms with Crippen molar-refractivity contribution in [2.75, 3.05) is 23.4 Å². The fraction of sp³-hybridized carbons (Fsp3) is 0.276. The standard InChI is InChI=1S/C29H28BrClN2O5/c1-29(2,3)19-4-9-22(10-5-19)38-23-11-7-21(8-12-23)33-16-18(14-27(33)35)28(36)37-17-26(34)32-20-6-13-24(30)25(31)15-20/h4-13,15,18H,14,16-17H2,1-3H3,(H,32,34)/t18-/m0/s1. The number of rotatable bonds is 7. The Balaban J connectivity index is 1.29. The van der Waals surface area contributed by atoms with Crippen molar-refractivity contribution in [1.29, 1.82) is 0 Å². The molecule has 9 heteroatoms. The number of carbonyl (C=O) groups excluding carboxylic acids is 3. The molecule has 0 radical (unpaired) electrons. The van der Waals surface area contributed by atoms with Gasteiger partial charge in [-0.15, -0.1) is 0 Å². The highest BCUT2D eigenvalue weighted by atomic mass is 79.9. The Morgan fingerprint density at radius 3 is 2.26 bits per heavy atom. The molecule has 1 aliphatic rings. The van der Waals surface area contributed by atoms with Crippen LogP contribution in [0.2, 0.25) is 5.02 Å². The van der Waals surface area contributed by atoms with Gasteiger partial charge >= 0.3 is 5.97 Å². The summed E-state index contributed by atoms with van der Waals surface area (Å²) in [6.45, 7) is 6.19. The number of ether oxygens (including phenoxy) is 2. The van der Waals surface area contributed by atoms with Crippen molar-refractivity contribution in [3.8, 4) is 11.5 Å². The summed E-state index contributed by atoms with van der Waals surface area (Å²) in [6.07, 6.45) is 0.0150. The van der Waals surface area contributed by atoms with Gasteiger partial charge < -0.3 is 19.7 Å². The topological polar surface area (TPSA) is 84.9 Å². The van der Waals surface area contributed by atoms with Crippen LogP contribution in [-0.2, 0) is 24.5 Å². The molecule has 0 aliphatic carbocycles. The quantitative estimate of drug-likeness (QED) is 0.305. The minimum Gasteiger partial charge on any atom is -0.457 e. The Kier molecular flexibility index (Phi) is 8.43. The van der Waals surface area contributed by atoms with Gasteiger partial charge in [-0.3, -0.25) is 14.4 Å². The summed E-state index contributed by atoms with van der Waals surface area (Å²) in [7, 11) is 0. The number of carbonyl (C=O) groups is 3. The first kappa shape index (κ1) is 27.7. The summed E-state index contributed by atoms with van der Waals surface area (Å²) in [5.74, 6) is -0.580. The molecule has 3 aromatic carbocycles. The molecule has 0 spiro atoms. The number of benzene rings is 3. The number of nitrogens with zero attached hydrogens (tertiary/aromatic N) is 1. The lowest BCUT2D eigenvalue weighted by Crippen LogP contribution is -2.28. The van der Waals surface area contributed by atoms with Crippen LogP contribution in [0.1, 0.15) is 32.8 Å². The lowest BCUT2D eigenvalue weighted by atomic mass is 9.87. The largest absolute Gasteiger partial charge is 0.457 e. The first-order valence-electron chi connectivity index (χ1n) is 12.1. The summed E-state index contributed by atoms with van der Waals surface area (Å²) in [4.78, 5) is 38.9. The van der Waals surface area contributed by atoms with E-state index in [2.05, 4.69) is 42.0 Å². The highest BCUT2D eigenvalue weighted by Gasteiger charge is 2.36. The molecule has 3 aromatic rings. The van der Waals surface area contributed by atoms with Gasteiger partial charge in [-0.25, -0.2) is 0 Å². The first-order valence-corrected chi connectivity index (χ1v) is 13.3. The summed E-state index contributed by atoms with van der Waals surface area (Å²) in [6, 6.07) is 20.0. The molecule has 38 heavy (non-hydrogen) atoms. The van der Waals surface area contributed by atoms with Crippen LogP contribution in [0.5, 0.6) is 11.5 Å². The lowest BCUT2D eigenvalue weighted by Gasteiger charge is -2.19. The highest BCUT2D eigenvalue weighted by Crippen LogP contribution is 2.31. The number of nitrogens with one attached hydrogen (secondary N) is 1. The molecular weight excluding hydrogens is 572 g/mol. The Labute approximate surface area is 235 Å². The third-order valence-corrected chi connectivity index (χ3v) is 7.34. The van der Waals surface area contributed by atoms with Crippen LogP contribution in [0.3, 0.4) is 0 Å². The number of halogens is 2. The van der Waals surface area contributed by atoms with Gasteiger partial charge in [0.1, 0.15) is 11.5 Å². The second-order valence-electron chi connectivity index (χ2n) is 10.1. The van der Waals surface area contributed by atoms with E-state index in [1.165, 1.54) is 10.5 Å². The fourth-order valence-corrected chi connectivity index (χ4v) is 4.42. The zero-order chi connectivity index (χ0) is 27.4. The summed E-state index contributed by atoms with van der Waals surface area (Å²) in [5.41, 5.74) is 2.42. The van der Waals surface area contributed by atoms with Crippen molar-refractivity contribution in [3.05, 3.63) is 81.8 Å². The molecule has 1 fully saturated rings. The number of amides is 2. The summed E-state index contributed by atoms with van der Waals surface area (Å²) in [5, 5.41) is 3.06. The SMILES string of the molecule is CC(C)(C)c1ccc(Oc2ccc(N3C[C@@H](C(=O)OCC(=O)Nc4ccc(Br)c(Cl)c4)CC3=O)cc2)cc1. The first-order chi connectivity index (χ1) is 18.0. The summed E-state index contributed by atoms with van der Waals surface area (Å²) >= 11 is 9.31. The number of anilines is 2. The van der Waals surface area contributed by atoms with Gasteiger partial charge in [0.05, 0.1) is 10.9 Å². The summed E-state index contributed by atoms with van der Waals surface area (Å²) < 4.78 is 11.8. The van der Waals surface area contributed by atoms with E-state index in [1.54, 1.807) is 42.5 Å². The molecule has 1 atom stereocenters. The van der Waals surface area contributed by atoms with Crippen LogP contribution < -0.4 is 15.0 Å². The van der Waals surface area contributed by atoms with Gasteiger partial charge in [-0.05, 0) is 81.5 Å². The third kappa shape index (κ3) is 6.94. The third-order valence-electron chi connectivity index (χ3n) is 6.11. The predicted molar refractivity (Wildman–Crippen MR) is 151 cm³/mol. The number of hydrogen-bond acceptors (Lipinski definition) is 5. The molecule has 7 nitrogen and oxygen atoms in total. The van der Waals surface area contributed by atoms with E-state index in [9.17, 15) is 14.4 Å². The van der Waals surface area contributed by atoms with Crippen LogP contribution in [0.15, 0.2) is 71.2 Å². The highest BCUT2D eigenvalue weighted by molar-refractivity contribution is 9.10. The van der Waals surface area contributed by atoms with Gasteiger partial charge in [0.25, 0.3) is 5.91 Å². The molecule has 1 heterocycles. The second kappa shape index (κ2) is 11.6. The van der Waals surface area contributed by atoms with Gasteiger partial charge in [0.15, 0.2) is 6.61 Å². The average molecular weight is 600 g/mol. The van der Waals surface area contributed by atoms with E-state index >= 15 is 0 Å². The zero-order valence-electron chi connectivity index (χ0n) is 21.3. The molecular formula is C29H28BrClN2O5. The van der Waals surface area contributed by atoms with Crippen molar-refractivity contribution in [2.45, 2.75) is 32.6 Å². The monoisotopic (exact) mass is 598 g/mol. The minimum absolute atomic E-state index is 0.0150. The molecule has 2 amide bonds. The van der Waals surface area contributed by atoms with Gasteiger partial charge in [-0.2, -0.15) is 0 Å². The van der Waals surface area contributed by atoms with Crippen LogP contribution in [0.25, 0.3) is 0 Å². The van der Waals surface area contributed by atoms with Crippen molar-refractivity contribution >= 4 is 56.7 Å². The minimum atomic E-state index is -0.658. The Hall–Kier alpha value is -3.36. The van der Waals surface area contributed by atoms with Crippen LogP contribution >= 0.6 is 27.5 Å². The molecule has 1 aliphatic heterocycles. The van der Waals surface area contributed by atoms with Crippen molar-refractivity contribution in [3.63, 3.8) is 0 Å². The Bertz CT molecular complexity index is 1340. The molecule has 198 valence electrons. The molecule has 4 rings (SSSR count). The molecule has 0 aromatic heterocycles. The van der Waals surface area contributed by atoms with E-state index in [-0.39, 0.29) is 24.3 Å². The lowest BCUT2D eigenvalue weighted by molar-refractivity contribution is -0.151. The Morgan fingerprint density at radius 1 is 1.03 bits per heavy atom. The average Bonchev–Trinajstić information content (AvgIpc) is 3.27. The van der Waals surface area contributed by atoms with Crippen molar-refractivity contribution < 1.29 is 23.9 Å². The number of esters is 1. The maximum Gasteiger partial charge on any atom is 0.311 e. The van der Waals surface area contributed by atoms with E-state index in [0.717, 1.165) is 5.75 Å². The van der Waals surface area contributed by atoms with E-state index in [4.69, 9.17) is 21.1 Å². The van der Waals surface area contributed by atoms with E-state index in [1.807, 2.05) is 24.3 Å².